The second-order valence-electron chi connectivity index (χ2n) is 19.9. The van der Waals surface area contributed by atoms with E-state index < -0.39 is 33.3 Å². The van der Waals surface area contributed by atoms with Crippen molar-refractivity contribution in [2.24, 2.45) is 46.3 Å². The lowest BCUT2D eigenvalue weighted by Crippen LogP contribution is -2.64. The molecule has 0 bridgehead atoms. The Kier molecular flexibility index (Phi) is 10.7. The molecule has 7 unspecified atom stereocenters. The molecule has 8 heteroatoms. The lowest BCUT2D eigenvalue weighted by Gasteiger charge is -2.66. The Morgan fingerprint density at radius 3 is 1.84 bits per heavy atom. The maximum atomic E-state index is 7.39. The van der Waals surface area contributed by atoms with Gasteiger partial charge in [0.1, 0.15) is 0 Å². The van der Waals surface area contributed by atoms with Crippen LogP contribution in [0.15, 0.2) is 0 Å². The molecule has 0 N–H and O–H groups in total. The first-order chi connectivity index (χ1) is 19.4. The monoisotopic (exact) mass is 668 g/mol. The van der Waals surface area contributed by atoms with E-state index in [2.05, 4.69) is 99.3 Å². The Labute approximate surface area is 272 Å². The molecule has 43 heavy (non-hydrogen) atoms. The van der Waals surface area contributed by atoms with Gasteiger partial charge >= 0.3 is 0 Å². The summed E-state index contributed by atoms with van der Waals surface area (Å²) in [5.74, 6) is 4.08. The van der Waals surface area contributed by atoms with Crippen molar-refractivity contribution in [2.45, 2.75) is 169 Å². The van der Waals surface area contributed by atoms with Crippen molar-refractivity contribution in [1.82, 2.24) is 0 Å². The number of rotatable bonds is 11. The lowest BCUT2D eigenvalue weighted by atomic mass is 9.43. The molecule has 0 aromatic carbocycles. The van der Waals surface area contributed by atoms with Gasteiger partial charge in [-0.05, 0) is 176 Å². The summed E-state index contributed by atoms with van der Waals surface area (Å²) in [6.45, 7) is 37.4. The predicted molar refractivity (Wildman–Crippen MR) is 194 cm³/mol. The van der Waals surface area contributed by atoms with Crippen LogP contribution >= 0.6 is 0 Å². The zero-order valence-electron chi connectivity index (χ0n) is 31.2. The summed E-state index contributed by atoms with van der Waals surface area (Å²) in [5.41, 5.74) is 0.572. The van der Waals surface area contributed by atoms with E-state index in [-0.39, 0.29) is 5.41 Å². The van der Waals surface area contributed by atoms with Crippen LogP contribution in [0.25, 0.3) is 0 Å². The second kappa shape index (κ2) is 12.6. The molecular formula is C35H72O4Si4. The fourth-order valence-electron chi connectivity index (χ4n) is 10.6. The summed E-state index contributed by atoms with van der Waals surface area (Å²) in [5, 5.41) is 0. The van der Waals surface area contributed by atoms with Crippen LogP contribution in [0.5, 0.6) is 0 Å². The third kappa shape index (κ3) is 8.41. The first-order valence-corrected chi connectivity index (χ1v) is 31.7. The molecule has 0 saturated heterocycles. The van der Waals surface area contributed by atoms with Crippen molar-refractivity contribution in [3.05, 3.63) is 0 Å². The molecule has 0 aliphatic heterocycles. The molecule has 0 amide bonds. The van der Waals surface area contributed by atoms with E-state index >= 15 is 0 Å². The normalized spacial score (nSPS) is 41.4. The van der Waals surface area contributed by atoms with E-state index in [9.17, 15) is 0 Å². The molecule has 4 nitrogen and oxygen atoms in total. The van der Waals surface area contributed by atoms with Gasteiger partial charge in [-0.25, -0.2) is 0 Å². The van der Waals surface area contributed by atoms with Crippen molar-refractivity contribution >= 4 is 33.3 Å². The van der Waals surface area contributed by atoms with Gasteiger partial charge in [-0.3, -0.25) is 0 Å². The lowest BCUT2D eigenvalue weighted by molar-refractivity contribution is -0.199. The van der Waals surface area contributed by atoms with Crippen LogP contribution in [0.3, 0.4) is 0 Å². The van der Waals surface area contributed by atoms with Crippen LogP contribution < -0.4 is 0 Å². The molecule has 11 atom stereocenters. The van der Waals surface area contributed by atoms with Crippen molar-refractivity contribution < 1.29 is 17.7 Å². The van der Waals surface area contributed by atoms with E-state index in [1.54, 1.807) is 0 Å². The number of hydrogen-bond donors (Lipinski definition) is 0. The van der Waals surface area contributed by atoms with Crippen molar-refractivity contribution in [3.8, 4) is 0 Å². The minimum Gasteiger partial charge on any atom is -0.418 e. The number of fused-ring (bicyclic) bond motifs is 5. The smallest absolute Gasteiger partial charge is 0.184 e. The Balaban J connectivity index is 1.70. The molecule has 4 aliphatic rings. The highest BCUT2D eigenvalue weighted by atomic mass is 28.4. The zero-order chi connectivity index (χ0) is 32.4. The van der Waals surface area contributed by atoms with E-state index in [0.717, 1.165) is 6.61 Å². The fraction of sp³-hybridized carbons (Fsp3) is 1.00. The Hall–Kier alpha value is 0.708. The molecular weight excluding hydrogens is 597 g/mol. The second-order valence-corrected chi connectivity index (χ2v) is 37.8. The molecule has 0 aromatic rings. The predicted octanol–water partition coefficient (Wildman–Crippen LogP) is 10.4. The summed E-state index contributed by atoms with van der Waals surface area (Å²) in [6, 6.07) is 0. The van der Waals surface area contributed by atoms with Crippen molar-refractivity contribution in [3.63, 3.8) is 0 Å². The van der Waals surface area contributed by atoms with Crippen molar-refractivity contribution in [2.75, 3.05) is 6.61 Å². The third-order valence-corrected chi connectivity index (χ3v) is 16.2. The van der Waals surface area contributed by atoms with Gasteiger partial charge in [0, 0.05) is 18.8 Å². The van der Waals surface area contributed by atoms with Gasteiger partial charge in [-0.1, -0.05) is 20.8 Å². The third-order valence-electron chi connectivity index (χ3n) is 12.1. The maximum Gasteiger partial charge on any atom is 0.184 e. The topological polar surface area (TPSA) is 36.9 Å². The molecule has 0 heterocycles. The van der Waals surface area contributed by atoms with Gasteiger partial charge in [0.25, 0.3) is 0 Å². The molecule has 4 aliphatic carbocycles. The van der Waals surface area contributed by atoms with Crippen LogP contribution in [0.2, 0.25) is 78.6 Å². The maximum absolute atomic E-state index is 7.39. The molecule has 252 valence electrons. The minimum absolute atomic E-state index is 0.211. The first kappa shape index (κ1) is 36.5. The van der Waals surface area contributed by atoms with Gasteiger partial charge in [-0.15, -0.1) is 0 Å². The van der Waals surface area contributed by atoms with E-state index in [0.29, 0.717) is 59.2 Å². The Morgan fingerprint density at radius 2 is 1.28 bits per heavy atom. The van der Waals surface area contributed by atoms with Crippen LogP contribution in [0.4, 0.5) is 0 Å². The summed E-state index contributed by atoms with van der Waals surface area (Å²) in [6.07, 6.45) is 11.3. The van der Waals surface area contributed by atoms with Gasteiger partial charge in [-0.2, -0.15) is 0 Å². The van der Waals surface area contributed by atoms with Crippen molar-refractivity contribution in [1.29, 1.82) is 0 Å². The quantitative estimate of drug-likeness (QED) is 0.205. The molecule has 4 fully saturated rings. The fourth-order valence-corrected chi connectivity index (χ4v) is 14.9. The highest BCUT2D eigenvalue weighted by molar-refractivity contribution is 6.70. The SMILES string of the molecule is CC(CCO[Si](C)(C)C)C1CCC2C3C(C[C@H](O[Si](C)(C)C)C12C)C1(C)CC[C@@H](O[Si](C)(C)C)C[C@H]1C[C@H]3O[Si](C)(C)C. The van der Waals surface area contributed by atoms with E-state index in [1.165, 1.54) is 51.4 Å². The van der Waals surface area contributed by atoms with Gasteiger partial charge in [0.15, 0.2) is 33.3 Å². The Morgan fingerprint density at radius 1 is 0.674 bits per heavy atom. The van der Waals surface area contributed by atoms with Crippen LogP contribution in [-0.2, 0) is 17.7 Å². The van der Waals surface area contributed by atoms with Crippen LogP contribution in [-0.4, -0.2) is 58.2 Å². The highest BCUT2D eigenvalue weighted by Crippen LogP contribution is 2.69. The highest BCUT2D eigenvalue weighted by Gasteiger charge is 2.67. The molecule has 4 rings (SSSR count). The average Bonchev–Trinajstić information content (AvgIpc) is 3.15. The largest absolute Gasteiger partial charge is 0.418 e. The summed E-state index contributed by atoms with van der Waals surface area (Å²) in [7, 11) is -6.52. The van der Waals surface area contributed by atoms with E-state index in [1.807, 2.05) is 0 Å². The summed E-state index contributed by atoms with van der Waals surface area (Å²) >= 11 is 0. The molecule has 0 spiro atoms. The molecule has 0 aromatic heterocycles. The van der Waals surface area contributed by atoms with Crippen LogP contribution in [0, 0.1) is 46.3 Å². The Bertz CT molecular complexity index is 949. The zero-order valence-corrected chi connectivity index (χ0v) is 35.2. The van der Waals surface area contributed by atoms with Crippen LogP contribution in [0.1, 0.15) is 72.1 Å². The number of hydrogen-bond acceptors (Lipinski definition) is 4. The minimum atomic E-state index is -1.74. The summed E-state index contributed by atoms with van der Waals surface area (Å²) in [4.78, 5) is 0. The summed E-state index contributed by atoms with van der Waals surface area (Å²) < 4.78 is 27.9. The average molecular weight is 669 g/mol. The molecule has 0 radical (unpaired) electrons. The van der Waals surface area contributed by atoms with Gasteiger partial charge in [0.2, 0.25) is 0 Å². The van der Waals surface area contributed by atoms with Gasteiger partial charge < -0.3 is 17.7 Å². The van der Waals surface area contributed by atoms with Gasteiger partial charge in [0.05, 0.1) is 6.10 Å². The standard InChI is InChI=1S/C35H72O4Si4/c1-25(19-21-36-40(4,5)6)28-16-17-29-33-30(24-32(35(28,29)3)39-43(13,14)15)34(2)20-18-27(37-41(7,8)9)22-26(34)23-31(33)38-42(10,11)12/h25-33H,16-24H2,1-15H3/t25?,26-,27+,28?,29?,30?,31+,32-,33?,34?,35?/m0/s1. The molecule has 4 saturated carbocycles. The van der Waals surface area contributed by atoms with E-state index in [4.69, 9.17) is 17.7 Å². The first-order valence-electron chi connectivity index (χ1n) is 18.1.